The van der Waals surface area contributed by atoms with E-state index in [4.69, 9.17) is 9.47 Å². The second-order valence-corrected chi connectivity index (χ2v) is 11.0. The summed E-state index contributed by atoms with van der Waals surface area (Å²) in [5.41, 5.74) is 4.22. The van der Waals surface area contributed by atoms with E-state index in [9.17, 15) is 19.2 Å². The number of hydrogen-bond donors (Lipinski definition) is 1. The van der Waals surface area contributed by atoms with Crippen LogP contribution in [0, 0.1) is 5.92 Å². The summed E-state index contributed by atoms with van der Waals surface area (Å²) in [6, 6.07) is 15.1. The third kappa shape index (κ3) is 8.13. The van der Waals surface area contributed by atoms with Gasteiger partial charge in [0.25, 0.3) is 0 Å². The Morgan fingerprint density at radius 2 is 1.63 bits per heavy atom. The molecule has 11 nitrogen and oxygen atoms in total. The number of hydrogen-bond acceptors (Lipinski definition) is 8. The van der Waals surface area contributed by atoms with Crippen LogP contribution in [0.4, 0.5) is 5.69 Å². The van der Waals surface area contributed by atoms with Crippen LogP contribution in [0.25, 0.3) is 22.5 Å². The van der Waals surface area contributed by atoms with Crippen LogP contribution < -0.4 is 10.2 Å². The largest absolute Gasteiger partial charge is 0.462 e. The quantitative estimate of drug-likeness (QED) is 0.234. The zero-order valence-electron chi connectivity index (χ0n) is 25.2. The molecule has 0 bridgehead atoms. The van der Waals surface area contributed by atoms with Crippen molar-refractivity contribution in [1.29, 1.82) is 0 Å². The lowest BCUT2D eigenvalue weighted by Crippen LogP contribution is -2.34. The molecule has 2 aromatic carbocycles. The van der Waals surface area contributed by atoms with Crippen molar-refractivity contribution in [2.75, 3.05) is 24.7 Å². The topological polar surface area (TPSA) is 133 Å². The van der Waals surface area contributed by atoms with Gasteiger partial charge < -0.3 is 19.7 Å². The Balaban J connectivity index is 1.48. The summed E-state index contributed by atoms with van der Waals surface area (Å²) < 4.78 is 12.3. The fraction of sp³-hybridized carbons (Fsp3) is 0.438. The zero-order chi connectivity index (χ0) is 30.9. The third-order valence-electron chi connectivity index (χ3n) is 7.00. The molecule has 0 unspecified atom stereocenters. The van der Waals surface area contributed by atoms with Gasteiger partial charge in [-0.1, -0.05) is 61.5 Å². The van der Waals surface area contributed by atoms with Gasteiger partial charge in [0.15, 0.2) is 0 Å². The first kappa shape index (κ1) is 31.6. The minimum atomic E-state index is -0.418. The van der Waals surface area contributed by atoms with Crippen LogP contribution in [-0.4, -0.2) is 64.4 Å². The number of Topliss-reactive ketones (excluding diaryl/α,β-unsaturated/α-hetero) is 1. The van der Waals surface area contributed by atoms with E-state index in [1.54, 1.807) is 23.4 Å². The Kier molecular flexibility index (Phi) is 10.8. The maximum absolute atomic E-state index is 13.6. The van der Waals surface area contributed by atoms with Crippen molar-refractivity contribution in [3.8, 4) is 22.5 Å². The van der Waals surface area contributed by atoms with E-state index in [2.05, 4.69) is 15.6 Å². The number of rotatable bonds is 13. The van der Waals surface area contributed by atoms with Crippen molar-refractivity contribution in [3.63, 3.8) is 0 Å². The average Bonchev–Trinajstić information content (AvgIpc) is 3.37. The minimum Gasteiger partial charge on any atom is -0.462 e. The minimum absolute atomic E-state index is 0.00662. The number of ether oxygens (including phenoxy) is 2. The summed E-state index contributed by atoms with van der Waals surface area (Å²) in [7, 11) is 0. The van der Waals surface area contributed by atoms with Crippen molar-refractivity contribution >= 4 is 29.3 Å². The van der Waals surface area contributed by atoms with E-state index in [0.717, 1.165) is 11.1 Å². The lowest BCUT2D eigenvalue weighted by atomic mass is 9.95. The number of esters is 1. The number of fused-ring (bicyclic) bond motifs is 5. The van der Waals surface area contributed by atoms with Crippen LogP contribution >= 0.6 is 0 Å². The number of carbonyl (C=O) groups is 4. The lowest BCUT2D eigenvalue weighted by Gasteiger charge is -2.28. The summed E-state index contributed by atoms with van der Waals surface area (Å²) in [5, 5.41) is 11.5. The molecule has 1 aromatic heterocycles. The second kappa shape index (κ2) is 14.7. The summed E-state index contributed by atoms with van der Waals surface area (Å²) in [6.45, 7) is 8.35. The van der Waals surface area contributed by atoms with Gasteiger partial charge in [0, 0.05) is 42.9 Å². The molecule has 0 saturated heterocycles. The van der Waals surface area contributed by atoms with Gasteiger partial charge in [-0.2, -0.15) is 0 Å². The first-order valence-electron chi connectivity index (χ1n) is 14.6. The van der Waals surface area contributed by atoms with Crippen LogP contribution in [-0.2, 0) is 41.7 Å². The van der Waals surface area contributed by atoms with Gasteiger partial charge in [-0.3, -0.25) is 19.2 Å². The number of anilines is 1. The number of nitrogens with zero attached hydrogens (tertiary/aromatic N) is 4. The second-order valence-electron chi connectivity index (χ2n) is 11.0. The number of nitrogens with one attached hydrogen (secondary N) is 1. The summed E-state index contributed by atoms with van der Waals surface area (Å²) in [6.07, 6.45) is 0.118. The molecule has 43 heavy (non-hydrogen) atoms. The van der Waals surface area contributed by atoms with Crippen LogP contribution in [0.5, 0.6) is 0 Å². The van der Waals surface area contributed by atoms with E-state index in [1.165, 1.54) is 0 Å². The van der Waals surface area contributed by atoms with Crippen molar-refractivity contribution in [2.45, 2.75) is 66.2 Å². The van der Waals surface area contributed by atoms with Gasteiger partial charge in [-0.25, -0.2) is 4.68 Å². The highest BCUT2D eigenvalue weighted by Gasteiger charge is 2.29. The first-order valence-corrected chi connectivity index (χ1v) is 14.6. The zero-order valence-corrected chi connectivity index (χ0v) is 25.2. The molecular formula is C32H39N5O6. The number of para-hydroxylation sites is 1. The highest BCUT2D eigenvalue weighted by Crippen LogP contribution is 2.41. The van der Waals surface area contributed by atoms with Gasteiger partial charge >= 0.3 is 5.97 Å². The molecule has 0 saturated carbocycles. The van der Waals surface area contributed by atoms with Gasteiger partial charge in [-0.15, -0.1) is 5.10 Å². The summed E-state index contributed by atoms with van der Waals surface area (Å²) in [4.78, 5) is 52.0. The SMILES string of the molecule is CC(C)OC(=O)Cn1nnc2c1-c1ccccc1CN(C(=O)CCC(=O)NCCOCCC(=O)C(C)C)c1ccccc1-2. The molecule has 1 aliphatic rings. The van der Waals surface area contributed by atoms with Crippen LogP contribution in [0.15, 0.2) is 48.5 Å². The van der Waals surface area contributed by atoms with E-state index >= 15 is 0 Å². The Morgan fingerprint density at radius 1 is 0.907 bits per heavy atom. The fourth-order valence-corrected chi connectivity index (χ4v) is 4.84. The Hall–Kier alpha value is -4.38. The maximum Gasteiger partial charge on any atom is 0.328 e. The number of ketones is 1. The molecule has 1 aliphatic heterocycles. The van der Waals surface area contributed by atoms with Crippen LogP contribution in [0.3, 0.4) is 0 Å². The van der Waals surface area contributed by atoms with Crippen LogP contribution in [0.1, 0.15) is 52.5 Å². The Bertz CT molecular complexity index is 1460. The maximum atomic E-state index is 13.6. The number of amides is 2. The molecule has 0 fully saturated rings. The fourth-order valence-electron chi connectivity index (χ4n) is 4.84. The van der Waals surface area contributed by atoms with Crippen molar-refractivity contribution in [2.24, 2.45) is 5.92 Å². The molecule has 2 heterocycles. The molecule has 0 aliphatic carbocycles. The lowest BCUT2D eigenvalue weighted by molar-refractivity contribution is -0.148. The van der Waals surface area contributed by atoms with E-state index in [1.807, 2.05) is 62.4 Å². The first-order chi connectivity index (χ1) is 20.7. The molecule has 0 atom stereocenters. The van der Waals surface area contributed by atoms with Gasteiger partial charge in [0.2, 0.25) is 11.8 Å². The smallest absolute Gasteiger partial charge is 0.328 e. The predicted octanol–water partition coefficient (Wildman–Crippen LogP) is 3.94. The summed E-state index contributed by atoms with van der Waals surface area (Å²) >= 11 is 0. The Morgan fingerprint density at radius 3 is 2.37 bits per heavy atom. The van der Waals surface area contributed by atoms with Gasteiger partial charge in [0.05, 0.1) is 37.2 Å². The predicted molar refractivity (Wildman–Crippen MR) is 161 cm³/mol. The number of benzene rings is 2. The van der Waals surface area contributed by atoms with Gasteiger partial charge in [-0.05, 0) is 25.5 Å². The Labute approximate surface area is 251 Å². The van der Waals surface area contributed by atoms with Crippen molar-refractivity contribution in [1.82, 2.24) is 20.3 Å². The number of aromatic nitrogens is 3. The highest BCUT2D eigenvalue weighted by atomic mass is 16.5. The monoisotopic (exact) mass is 589 g/mol. The molecule has 1 N–H and O–H groups in total. The molecule has 228 valence electrons. The molecule has 0 spiro atoms. The number of carbonyl (C=O) groups excluding carboxylic acids is 4. The molecular weight excluding hydrogens is 550 g/mol. The van der Waals surface area contributed by atoms with Crippen molar-refractivity contribution < 1.29 is 28.7 Å². The average molecular weight is 590 g/mol. The molecule has 4 rings (SSSR count). The molecule has 0 radical (unpaired) electrons. The standard InChI is InChI=1S/C32H39N5O6/c1-21(2)27(38)15-17-42-18-16-33-28(39)13-14-29(40)36-19-23-9-5-6-10-24(23)32-31(25-11-7-8-12-26(25)36)34-35-37(32)20-30(41)43-22(3)4/h5-12,21-22H,13-20H2,1-4H3,(H,33,39). The summed E-state index contributed by atoms with van der Waals surface area (Å²) in [5.74, 6) is -0.764. The van der Waals surface area contributed by atoms with Crippen molar-refractivity contribution in [3.05, 3.63) is 54.1 Å². The van der Waals surface area contributed by atoms with E-state index in [0.29, 0.717) is 48.8 Å². The van der Waals surface area contributed by atoms with Crippen LogP contribution in [0.2, 0.25) is 0 Å². The normalized spacial score (nSPS) is 12.2. The molecule has 3 aromatic rings. The molecule has 11 heteroatoms. The third-order valence-corrected chi connectivity index (χ3v) is 7.00. The molecule has 2 amide bonds. The van der Waals surface area contributed by atoms with Gasteiger partial charge in [0.1, 0.15) is 18.0 Å². The highest BCUT2D eigenvalue weighted by molar-refractivity contribution is 6.01. The van der Waals surface area contributed by atoms with E-state index < -0.39 is 5.97 Å². The van der Waals surface area contributed by atoms with E-state index in [-0.39, 0.29) is 55.6 Å².